The van der Waals surface area contributed by atoms with Crippen molar-refractivity contribution in [3.8, 4) is 0 Å². The zero-order valence-corrected chi connectivity index (χ0v) is 9.59. The summed E-state index contributed by atoms with van der Waals surface area (Å²) in [6.45, 7) is 1.84. The van der Waals surface area contributed by atoms with Crippen LogP contribution in [0.1, 0.15) is 51.9 Å². The average Bonchev–Trinajstić information content (AvgIpc) is 2.27. The number of hydrogen-bond donors (Lipinski definition) is 0. The molecular weight excluding hydrogens is 194 g/mol. The molecule has 88 valence electrons. The van der Waals surface area contributed by atoms with E-state index in [9.17, 15) is 8.78 Å². The molecule has 0 spiro atoms. The van der Waals surface area contributed by atoms with Gasteiger partial charge in [0, 0.05) is 0 Å². The van der Waals surface area contributed by atoms with Gasteiger partial charge in [-0.3, -0.25) is 0 Å². The van der Waals surface area contributed by atoms with Gasteiger partial charge in [0.15, 0.2) is 0 Å². The van der Waals surface area contributed by atoms with Crippen molar-refractivity contribution in [3.05, 3.63) is 0 Å². The Morgan fingerprint density at radius 1 is 0.800 bits per heavy atom. The second-order valence-corrected chi connectivity index (χ2v) is 5.51. The van der Waals surface area contributed by atoms with Crippen molar-refractivity contribution in [2.24, 2.45) is 17.8 Å². The van der Waals surface area contributed by atoms with Crippen LogP contribution in [-0.4, -0.2) is 12.3 Å². The number of alkyl halides is 2. The molecule has 0 bridgehead atoms. The van der Waals surface area contributed by atoms with Crippen LogP contribution in [0.5, 0.6) is 0 Å². The van der Waals surface area contributed by atoms with Gasteiger partial charge in [-0.1, -0.05) is 39.0 Å². The summed E-state index contributed by atoms with van der Waals surface area (Å²) in [4.78, 5) is 0. The van der Waals surface area contributed by atoms with E-state index in [1.54, 1.807) is 0 Å². The zero-order valence-electron chi connectivity index (χ0n) is 9.59. The van der Waals surface area contributed by atoms with E-state index in [0.29, 0.717) is 5.92 Å². The minimum atomic E-state index is -1.20. The van der Waals surface area contributed by atoms with Gasteiger partial charge in [0.05, 0.1) is 0 Å². The average molecular weight is 216 g/mol. The summed E-state index contributed by atoms with van der Waals surface area (Å²) < 4.78 is 27.5. The standard InChI is InChI=1S/C13H22F2/c1-9-7-8-11(13(15)12(9)14)10-5-3-2-4-6-10/h9-13H,2-8H2,1H3. The van der Waals surface area contributed by atoms with Gasteiger partial charge >= 0.3 is 0 Å². The first-order valence-corrected chi connectivity index (χ1v) is 6.48. The molecule has 0 heterocycles. The predicted octanol–water partition coefficient (Wildman–Crippen LogP) is 4.29. The van der Waals surface area contributed by atoms with Crippen molar-refractivity contribution in [2.75, 3.05) is 0 Å². The van der Waals surface area contributed by atoms with Crippen molar-refractivity contribution in [1.29, 1.82) is 0 Å². The summed E-state index contributed by atoms with van der Waals surface area (Å²) >= 11 is 0. The summed E-state index contributed by atoms with van der Waals surface area (Å²) in [5.41, 5.74) is 0. The Balaban J connectivity index is 1.96. The van der Waals surface area contributed by atoms with Gasteiger partial charge in [-0.2, -0.15) is 0 Å². The van der Waals surface area contributed by atoms with Gasteiger partial charge in [0.25, 0.3) is 0 Å². The molecule has 2 aliphatic carbocycles. The molecule has 0 radical (unpaired) electrons. The first kappa shape index (κ1) is 11.3. The molecule has 0 aromatic rings. The Labute approximate surface area is 91.4 Å². The highest BCUT2D eigenvalue weighted by Crippen LogP contribution is 2.42. The van der Waals surface area contributed by atoms with Crippen LogP contribution in [0.15, 0.2) is 0 Å². The van der Waals surface area contributed by atoms with E-state index in [-0.39, 0.29) is 11.8 Å². The largest absolute Gasteiger partial charge is 0.244 e. The monoisotopic (exact) mass is 216 g/mol. The number of rotatable bonds is 1. The van der Waals surface area contributed by atoms with Gasteiger partial charge in [-0.25, -0.2) is 8.78 Å². The molecule has 0 N–H and O–H groups in total. The number of halogens is 2. The van der Waals surface area contributed by atoms with E-state index in [1.807, 2.05) is 6.92 Å². The van der Waals surface area contributed by atoms with Crippen molar-refractivity contribution < 1.29 is 8.78 Å². The summed E-state index contributed by atoms with van der Waals surface area (Å²) in [5.74, 6) is 0.427. The lowest BCUT2D eigenvalue weighted by Crippen LogP contribution is -2.40. The lowest BCUT2D eigenvalue weighted by molar-refractivity contribution is -0.00298. The maximum atomic E-state index is 13.9. The Bertz CT molecular complexity index is 197. The number of hydrogen-bond acceptors (Lipinski definition) is 0. The van der Waals surface area contributed by atoms with E-state index < -0.39 is 12.3 Å². The maximum Gasteiger partial charge on any atom is 0.134 e. The Morgan fingerprint density at radius 2 is 1.47 bits per heavy atom. The van der Waals surface area contributed by atoms with Crippen LogP contribution in [0.3, 0.4) is 0 Å². The predicted molar refractivity (Wildman–Crippen MR) is 58.3 cm³/mol. The van der Waals surface area contributed by atoms with Crippen LogP contribution in [0.2, 0.25) is 0 Å². The van der Waals surface area contributed by atoms with Crippen molar-refractivity contribution in [1.82, 2.24) is 0 Å². The van der Waals surface area contributed by atoms with E-state index in [1.165, 1.54) is 19.3 Å². The van der Waals surface area contributed by atoms with Gasteiger partial charge < -0.3 is 0 Å². The fraction of sp³-hybridized carbons (Fsp3) is 1.00. The molecule has 2 aliphatic rings. The lowest BCUT2D eigenvalue weighted by atomic mass is 9.69. The topological polar surface area (TPSA) is 0 Å². The van der Waals surface area contributed by atoms with Gasteiger partial charge in [-0.15, -0.1) is 0 Å². The minimum Gasteiger partial charge on any atom is -0.244 e. The molecule has 2 heteroatoms. The highest BCUT2D eigenvalue weighted by atomic mass is 19.2. The molecule has 0 saturated heterocycles. The van der Waals surface area contributed by atoms with Crippen molar-refractivity contribution >= 4 is 0 Å². The van der Waals surface area contributed by atoms with Gasteiger partial charge in [-0.05, 0) is 30.6 Å². The maximum absolute atomic E-state index is 13.9. The summed E-state index contributed by atoms with van der Waals surface area (Å²) in [7, 11) is 0. The molecule has 0 amide bonds. The van der Waals surface area contributed by atoms with E-state index in [4.69, 9.17) is 0 Å². The van der Waals surface area contributed by atoms with Crippen LogP contribution < -0.4 is 0 Å². The quantitative estimate of drug-likeness (QED) is 0.613. The SMILES string of the molecule is CC1CCC(C2CCCCC2)C(F)C1F. The van der Waals surface area contributed by atoms with Crippen LogP contribution in [0.4, 0.5) is 8.78 Å². The fourth-order valence-electron chi connectivity index (χ4n) is 3.38. The Kier molecular flexibility index (Phi) is 3.63. The normalized spacial score (nSPS) is 44.2. The van der Waals surface area contributed by atoms with Crippen LogP contribution >= 0.6 is 0 Å². The van der Waals surface area contributed by atoms with Crippen LogP contribution in [0.25, 0.3) is 0 Å². The van der Waals surface area contributed by atoms with Crippen molar-refractivity contribution in [2.45, 2.75) is 64.2 Å². The Hall–Kier alpha value is -0.140. The molecule has 0 nitrogen and oxygen atoms in total. The molecule has 0 aromatic heterocycles. The first-order chi connectivity index (χ1) is 7.20. The summed E-state index contributed by atoms with van der Waals surface area (Å²) in [5, 5.41) is 0. The third-order valence-electron chi connectivity index (χ3n) is 4.47. The molecule has 2 fully saturated rings. The third kappa shape index (κ3) is 2.34. The van der Waals surface area contributed by atoms with Crippen LogP contribution in [0, 0.1) is 17.8 Å². The van der Waals surface area contributed by atoms with E-state index in [0.717, 1.165) is 25.7 Å². The summed E-state index contributed by atoms with van der Waals surface area (Å²) in [6.07, 6.45) is 5.40. The second-order valence-electron chi connectivity index (χ2n) is 5.51. The third-order valence-corrected chi connectivity index (χ3v) is 4.47. The lowest BCUT2D eigenvalue weighted by Gasteiger charge is -2.39. The molecule has 0 aromatic carbocycles. The smallest absolute Gasteiger partial charge is 0.134 e. The molecule has 2 saturated carbocycles. The highest BCUT2D eigenvalue weighted by molar-refractivity contribution is 4.90. The fourth-order valence-corrected chi connectivity index (χ4v) is 3.38. The molecule has 0 aliphatic heterocycles. The highest BCUT2D eigenvalue weighted by Gasteiger charge is 2.41. The summed E-state index contributed by atoms with van der Waals surface area (Å²) in [6, 6.07) is 0. The van der Waals surface area contributed by atoms with Gasteiger partial charge in [0.1, 0.15) is 12.3 Å². The minimum absolute atomic E-state index is 0.0245. The molecule has 15 heavy (non-hydrogen) atoms. The van der Waals surface area contributed by atoms with Crippen molar-refractivity contribution in [3.63, 3.8) is 0 Å². The van der Waals surface area contributed by atoms with E-state index >= 15 is 0 Å². The van der Waals surface area contributed by atoms with Gasteiger partial charge in [0.2, 0.25) is 0 Å². The zero-order chi connectivity index (χ0) is 10.8. The molecular formula is C13H22F2. The molecule has 2 rings (SSSR count). The second kappa shape index (κ2) is 4.80. The molecule has 4 atom stereocenters. The first-order valence-electron chi connectivity index (χ1n) is 6.48. The van der Waals surface area contributed by atoms with E-state index in [2.05, 4.69) is 0 Å². The Morgan fingerprint density at radius 3 is 2.13 bits per heavy atom. The molecule has 4 unspecified atom stereocenters. The van der Waals surface area contributed by atoms with Crippen LogP contribution in [-0.2, 0) is 0 Å².